The normalized spacial score (nSPS) is 14.4. The van der Waals surface area contributed by atoms with Crippen LogP contribution in [-0.2, 0) is 4.79 Å². The lowest BCUT2D eigenvalue weighted by molar-refractivity contribution is -0.127. The van der Waals surface area contributed by atoms with Gasteiger partial charge in [-0.05, 0) is 42.8 Å². The van der Waals surface area contributed by atoms with E-state index in [0.29, 0.717) is 23.6 Å². The van der Waals surface area contributed by atoms with Gasteiger partial charge in [-0.2, -0.15) is 0 Å². The van der Waals surface area contributed by atoms with E-state index < -0.39 is 0 Å². The first-order valence-corrected chi connectivity index (χ1v) is 10.9. The van der Waals surface area contributed by atoms with Crippen LogP contribution in [-0.4, -0.2) is 75.1 Å². The van der Waals surface area contributed by atoms with Gasteiger partial charge < -0.3 is 19.7 Å². The third-order valence-corrected chi connectivity index (χ3v) is 5.48. The molecular weight excluding hydrogens is 406 g/mol. The number of amides is 2. The van der Waals surface area contributed by atoms with Gasteiger partial charge in [0.25, 0.3) is 5.91 Å². The molecule has 1 N–H and O–H groups in total. The number of hydrogen-bond donors (Lipinski definition) is 1. The Kier molecular flexibility index (Phi) is 8.69. The fourth-order valence-electron chi connectivity index (χ4n) is 3.61. The molecule has 170 valence electrons. The maximum atomic E-state index is 12.4. The predicted octanol–water partition coefficient (Wildman–Crippen LogP) is 2.68. The zero-order valence-corrected chi connectivity index (χ0v) is 18.8. The number of hydrogen-bond acceptors (Lipinski definition) is 5. The number of nitrogens with zero attached hydrogens (tertiary/aromatic N) is 2. The smallest absolute Gasteiger partial charge is 0.251 e. The number of carbonyl (C=O) groups is 2. The van der Waals surface area contributed by atoms with Crippen molar-refractivity contribution in [2.75, 3.05) is 53.5 Å². The van der Waals surface area contributed by atoms with Crippen LogP contribution in [0.1, 0.15) is 22.3 Å². The van der Waals surface area contributed by atoms with Gasteiger partial charge in [0.15, 0.2) is 11.5 Å². The Morgan fingerprint density at radius 1 is 0.969 bits per heavy atom. The summed E-state index contributed by atoms with van der Waals surface area (Å²) >= 11 is 0. The molecule has 0 saturated carbocycles. The molecule has 0 aliphatic carbocycles. The molecule has 0 radical (unpaired) electrons. The van der Waals surface area contributed by atoms with Crippen LogP contribution in [0.2, 0.25) is 0 Å². The summed E-state index contributed by atoms with van der Waals surface area (Å²) < 4.78 is 10.5. The fourth-order valence-corrected chi connectivity index (χ4v) is 3.61. The number of ether oxygens (including phenoxy) is 2. The molecule has 7 heteroatoms. The molecule has 0 aromatic heterocycles. The van der Waals surface area contributed by atoms with Crippen molar-refractivity contribution in [1.82, 2.24) is 15.1 Å². The Hall–Kier alpha value is -3.32. The summed E-state index contributed by atoms with van der Waals surface area (Å²) in [5.41, 5.74) is 1.56. The highest BCUT2D eigenvalue weighted by Crippen LogP contribution is 2.27. The molecule has 32 heavy (non-hydrogen) atoms. The van der Waals surface area contributed by atoms with Crippen LogP contribution in [0, 0.1) is 0 Å². The summed E-state index contributed by atoms with van der Waals surface area (Å²) in [4.78, 5) is 29.0. The molecule has 2 aromatic carbocycles. The number of carbonyl (C=O) groups excluding carboxylic acids is 2. The van der Waals surface area contributed by atoms with Crippen molar-refractivity contribution in [2.24, 2.45) is 0 Å². The molecule has 0 unspecified atom stereocenters. The Balaban J connectivity index is 1.35. The van der Waals surface area contributed by atoms with E-state index in [1.54, 1.807) is 38.5 Å². The summed E-state index contributed by atoms with van der Waals surface area (Å²) in [6, 6.07) is 15.0. The molecule has 0 bridgehead atoms. The summed E-state index contributed by atoms with van der Waals surface area (Å²) in [6.45, 7) is 4.59. The average molecular weight is 438 g/mol. The van der Waals surface area contributed by atoms with Gasteiger partial charge in [-0.25, -0.2) is 0 Å². The van der Waals surface area contributed by atoms with Gasteiger partial charge in [0, 0.05) is 44.4 Å². The van der Waals surface area contributed by atoms with Gasteiger partial charge in [0.1, 0.15) is 0 Å². The summed E-state index contributed by atoms with van der Waals surface area (Å²) in [6.07, 6.45) is 4.35. The van der Waals surface area contributed by atoms with E-state index in [0.717, 1.165) is 44.7 Å². The summed E-state index contributed by atoms with van der Waals surface area (Å²) in [7, 11) is 3.11. The monoisotopic (exact) mass is 437 g/mol. The maximum Gasteiger partial charge on any atom is 0.251 e. The second-order valence-corrected chi connectivity index (χ2v) is 7.59. The minimum atomic E-state index is -0.133. The van der Waals surface area contributed by atoms with E-state index in [9.17, 15) is 9.59 Å². The first-order chi connectivity index (χ1) is 15.6. The molecule has 2 amide bonds. The Morgan fingerprint density at radius 2 is 1.69 bits per heavy atom. The number of piperazine rings is 1. The summed E-state index contributed by atoms with van der Waals surface area (Å²) in [5, 5.41) is 2.95. The largest absolute Gasteiger partial charge is 0.493 e. The molecule has 0 spiro atoms. The van der Waals surface area contributed by atoms with Crippen molar-refractivity contribution >= 4 is 17.9 Å². The van der Waals surface area contributed by atoms with Gasteiger partial charge in [-0.3, -0.25) is 14.5 Å². The van der Waals surface area contributed by atoms with Crippen LogP contribution >= 0.6 is 0 Å². The van der Waals surface area contributed by atoms with E-state index in [1.165, 1.54) is 0 Å². The minimum absolute atomic E-state index is 0.0516. The first-order valence-electron chi connectivity index (χ1n) is 10.9. The second kappa shape index (κ2) is 11.9. The topological polar surface area (TPSA) is 71.1 Å². The number of benzene rings is 2. The zero-order chi connectivity index (χ0) is 22.8. The molecular formula is C25H31N3O4. The highest BCUT2D eigenvalue weighted by atomic mass is 16.5. The van der Waals surface area contributed by atoms with E-state index >= 15 is 0 Å². The number of rotatable bonds is 9. The lowest BCUT2D eigenvalue weighted by Gasteiger charge is -2.34. The molecule has 1 aliphatic rings. The Bertz CT molecular complexity index is 922. The molecule has 0 atom stereocenters. The molecule has 1 fully saturated rings. The van der Waals surface area contributed by atoms with Crippen molar-refractivity contribution in [2.45, 2.75) is 6.42 Å². The molecule has 3 rings (SSSR count). The van der Waals surface area contributed by atoms with Gasteiger partial charge in [-0.1, -0.05) is 30.3 Å². The van der Waals surface area contributed by atoms with E-state index in [4.69, 9.17) is 9.47 Å². The third-order valence-electron chi connectivity index (χ3n) is 5.48. The molecule has 1 heterocycles. The molecule has 2 aromatic rings. The fraction of sp³-hybridized carbons (Fsp3) is 0.360. The molecule has 7 nitrogen and oxygen atoms in total. The molecule has 1 saturated heterocycles. The predicted molar refractivity (Wildman–Crippen MR) is 125 cm³/mol. The van der Waals surface area contributed by atoms with Crippen molar-refractivity contribution in [3.05, 3.63) is 65.7 Å². The average Bonchev–Trinajstić information content (AvgIpc) is 2.85. The van der Waals surface area contributed by atoms with Crippen molar-refractivity contribution in [3.8, 4) is 11.5 Å². The second-order valence-electron chi connectivity index (χ2n) is 7.59. The Labute approximate surface area is 189 Å². The third kappa shape index (κ3) is 6.59. The van der Waals surface area contributed by atoms with Crippen LogP contribution in [0.5, 0.6) is 11.5 Å². The van der Waals surface area contributed by atoms with Gasteiger partial charge in [0.05, 0.1) is 14.2 Å². The van der Waals surface area contributed by atoms with E-state index in [1.807, 2.05) is 41.3 Å². The summed E-state index contributed by atoms with van der Waals surface area (Å²) in [5.74, 6) is 1.05. The minimum Gasteiger partial charge on any atom is -0.493 e. The SMILES string of the molecule is COc1ccc(C(=O)NCCCN2CCN(C(=O)/C=C/c3ccccc3)CC2)cc1OC. The van der Waals surface area contributed by atoms with Gasteiger partial charge >= 0.3 is 0 Å². The van der Waals surface area contributed by atoms with Crippen LogP contribution < -0.4 is 14.8 Å². The number of nitrogens with one attached hydrogen (secondary N) is 1. The van der Waals surface area contributed by atoms with Crippen LogP contribution in [0.4, 0.5) is 0 Å². The van der Waals surface area contributed by atoms with Crippen LogP contribution in [0.25, 0.3) is 6.08 Å². The lowest BCUT2D eigenvalue weighted by atomic mass is 10.2. The zero-order valence-electron chi connectivity index (χ0n) is 18.8. The van der Waals surface area contributed by atoms with Gasteiger partial charge in [0.2, 0.25) is 5.91 Å². The highest BCUT2D eigenvalue weighted by Gasteiger charge is 2.19. The van der Waals surface area contributed by atoms with Crippen LogP contribution in [0.3, 0.4) is 0 Å². The molecule has 1 aliphatic heterocycles. The quantitative estimate of drug-likeness (QED) is 0.483. The van der Waals surface area contributed by atoms with E-state index in [2.05, 4.69) is 10.2 Å². The lowest BCUT2D eigenvalue weighted by Crippen LogP contribution is -2.48. The maximum absolute atomic E-state index is 12.4. The van der Waals surface area contributed by atoms with Crippen molar-refractivity contribution in [1.29, 1.82) is 0 Å². The first kappa shape index (κ1) is 23.3. The number of methoxy groups -OCH3 is 2. The standard InChI is InChI=1S/C25H31N3O4/c1-31-22-11-10-21(19-23(22)32-2)25(30)26-13-6-14-27-15-17-28(18-16-27)24(29)12-9-20-7-4-3-5-8-20/h3-5,7-12,19H,6,13-18H2,1-2H3,(H,26,30)/b12-9+. The Morgan fingerprint density at radius 3 is 2.38 bits per heavy atom. The van der Waals surface area contributed by atoms with E-state index in [-0.39, 0.29) is 11.8 Å². The highest BCUT2D eigenvalue weighted by molar-refractivity contribution is 5.95. The van der Waals surface area contributed by atoms with Crippen LogP contribution in [0.15, 0.2) is 54.6 Å². The van der Waals surface area contributed by atoms with Crippen molar-refractivity contribution < 1.29 is 19.1 Å². The van der Waals surface area contributed by atoms with Gasteiger partial charge in [-0.15, -0.1) is 0 Å². The van der Waals surface area contributed by atoms with Crippen molar-refractivity contribution in [3.63, 3.8) is 0 Å².